The molecule has 0 unspecified atom stereocenters. The van der Waals surface area contributed by atoms with Gasteiger partial charge in [0.2, 0.25) is 0 Å². The van der Waals surface area contributed by atoms with Crippen LogP contribution < -0.4 is 10.4 Å². The van der Waals surface area contributed by atoms with Gasteiger partial charge in [0.15, 0.2) is 0 Å². The number of hydrogen-bond acceptors (Lipinski definition) is 1. The van der Waals surface area contributed by atoms with Gasteiger partial charge in [0.25, 0.3) is 0 Å². The summed E-state index contributed by atoms with van der Waals surface area (Å²) < 4.78 is 0. The van der Waals surface area contributed by atoms with Crippen molar-refractivity contribution < 1.29 is 0 Å². The Morgan fingerprint density at radius 3 is 2.80 bits per heavy atom. The second-order valence-electron chi connectivity index (χ2n) is 5.52. The summed E-state index contributed by atoms with van der Waals surface area (Å²) in [6.45, 7) is 2.25. The Morgan fingerprint density at radius 1 is 1.00 bits per heavy atom. The minimum atomic E-state index is 1.14. The second-order valence-corrected chi connectivity index (χ2v) is 5.52. The Morgan fingerprint density at radius 2 is 1.90 bits per heavy atom. The highest BCUT2D eigenvalue weighted by Gasteiger charge is 2.25. The normalized spacial score (nSPS) is 14.4. The van der Waals surface area contributed by atoms with E-state index >= 15 is 0 Å². The molecule has 0 amide bonds. The first kappa shape index (κ1) is 11.7. The highest BCUT2D eigenvalue weighted by molar-refractivity contribution is 6.42. The summed E-state index contributed by atoms with van der Waals surface area (Å²) in [5.74, 6) is 0. The van der Waals surface area contributed by atoms with Gasteiger partial charge < -0.3 is 0 Å². The van der Waals surface area contributed by atoms with Gasteiger partial charge in [0.05, 0.1) is 11.4 Å². The van der Waals surface area contributed by atoms with Crippen molar-refractivity contribution in [2.24, 2.45) is 4.99 Å². The third-order valence-electron chi connectivity index (χ3n) is 4.20. The van der Waals surface area contributed by atoms with Crippen LogP contribution in [-0.4, -0.2) is 5.71 Å². The van der Waals surface area contributed by atoms with Gasteiger partial charge in [-0.3, -0.25) is 0 Å². The summed E-state index contributed by atoms with van der Waals surface area (Å²) in [4.78, 5) is 4.82. The predicted molar refractivity (Wildman–Crippen MR) is 84.8 cm³/mol. The minimum absolute atomic E-state index is 1.14. The molecule has 0 spiro atoms. The number of benzene rings is 2. The fourth-order valence-corrected chi connectivity index (χ4v) is 3.23. The predicted octanol–water partition coefficient (Wildman–Crippen LogP) is 3.11. The van der Waals surface area contributed by atoms with E-state index in [1.165, 1.54) is 40.0 Å². The number of nitrogens with zero attached hydrogens (tertiary/aromatic N) is 1. The van der Waals surface area contributed by atoms with E-state index in [2.05, 4.69) is 55.5 Å². The van der Waals surface area contributed by atoms with Crippen molar-refractivity contribution in [2.45, 2.75) is 26.2 Å². The van der Waals surface area contributed by atoms with E-state index in [0.717, 1.165) is 17.8 Å². The first-order chi connectivity index (χ1) is 9.88. The molecule has 2 aromatic rings. The van der Waals surface area contributed by atoms with Crippen molar-refractivity contribution in [3.8, 4) is 0 Å². The van der Waals surface area contributed by atoms with Gasteiger partial charge in [-0.05, 0) is 41.0 Å². The van der Waals surface area contributed by atoms with Gasteiger partial charge in [0, 0.05) is 11.1 Å². The molecular formula is C19H17N. The van der Waals surface area contributed by atoms with Crippen LogP contribution in [0.5, 0.6) is 0 Å². The number of unbranched alkanes of at least 4 members (excludes halogenated alkanes) is 1. The van der Waals surface area contributed by atoms with Crippen LogP contribution in [0, 0.1) is 0 Å². The molecule has 98 valence electrons. The molecular weight excluding hydrogens is 242 g/mol. The molecule has 2 aliphatic rings. The number of aliphatic imine (C=N–C) groups is 1. The molecule has 0 atom stereocenters. The van der Waals surface area contributed by atoms with Crippen LogP contribution in [0.4, 0.5) is 5.69 Å². The summed E-state index contributed by atoms with van der Waals surface area (Å²) >= 11 is 0. The first-order valence-corrected chi connectivity index (χ1v) is 7.41. The van der Waals surface area contributed by atoms with E-state index in [9.17, 15) is 0 Å². The van der Waals surface area contributed by atoms with Gasteiger partial charge in [-0.25, -0.2) is 4.99 Å². The van der Waals surface area contributed by atoms with Crippen LogP contribution in [0.25, 0.3) is 11.6 Å². The van der Waals surface area contributed by atoms with Gasteiger partial charge >= 0.3 is 0 Å². The summed E-state index contributed by atoms with van der Waals surface area (Å²) in [7, 11) is 0. The molecule has 4 rings (SSSR count). The zero-order valence-corrected chi connectivity index (χ0v) is 11.7. The minimum Gasteiger partial charge on any atom is -0.248 e. The number of fused-ring (bicyclic) bond motifs is 4. The van der Waals surface area contributed by atoms with Crippen LogP contribution in [0.15, 0.2) is 47.5 Å². The van der Waals surface area contributed by atoms with E-state index in [-0.39, 0.29) is 0 Å². The lowest BCUT2D eigenvalue weighted by molar-refractivity contribution is 0.794. The quantitative estimate of drug-likeness (QED) is 0.803. The SMILES string of the molecule is CCCCc1cccc2c1C1=c3ccccc3=CC1=N2. The van der Waals surface area contributed by atoms with Gasteiger partial charge in [-0.15, -0.1) is 0 Å². The van der Waals surface area contributed by atoms with Crippen LogP contribution in [0.2, 0.25) is 0 Å². The molecule has 0 saturated heterocycles. The molecule has 2 aromatic carbocycles. The van der Waals surface area contributed by atoms with E-state index < -0.39 is 0 Å². The molecule has 1 heterocycles. The first-order valence-electron chi connectivity index (χ1n) is 7.41. The van der Waals surface area contributed by atoms with Crippen molar-refractivity contribution in [2.75, 3.05) is 0 Å². The maximum atomic E-state index is 4.82. The third kappa shape index (κ3) is 1.59. The third-order valence-corrected chi connectivity index (χ3v) is 4.20. The zero-order valence-electron chi connectivity index (χ0n) is 11.7. The lowest BCUT2D eigenvalue weighted by Gasteiger charge is -2.08. The van der Waals surface area contributed by atoms with E-state index in [4.69, 9.17) is 4.99 Å². The summed E-state index contributed by atoms with van der Waals surface area (Å²) in [5, 5.41) is 2.64. The van der Waals surface area contributed by atoms with Crippen LogP contribution in [0.3, 0.4) is 0 Å². The number of rotatable bonds is 3. The molecule has 0 radical (unpaired) electrons. The molecule has 0 aromatic heterocycles. The molecule has 0 N–H and O–H groups in total. The molecule has 20 heavy (non-hydrogen) atoms. The molecule has 0 saturated carbocycles. The Labute approximate surface area is 119 Å². The Kier molecular flexibility index (Phi) is 2.59. The average molecular weight is 259 g/mol. The fourth-order valence-electron chi connectivity index (χ4n) is 3.23. The monoisotopic (exact) mass is 259 g/mol. The lowest BCUT2D eigenvalue weighted by Crippen LogP contribution is -2.22. The van der Waals surface area contributed by atoms with Crippen LogP contribution >= 0.6 is 0 Å². The van der Waals surface area contributed by atoms with Crippen molar-refractivity contribution >= 4 is 23.0 Å². The molecule has 1 aliphatic carbocycles. The van der Waals surface area contributed by atoms with Crippen molar-refractivity contribution in [1.29, 1.82) is 0 Å². The van der Waals surface area contributed by atoms with Gasteiger partial charge in [0.1, 0.15) is 0 Å². The zero-order chi connectivity index (χ0) is 13.5. The molecule has 1 aliphatic heterocycles. The van der Waals surface area contributed by atoms with Crippen LogP contribution in [0.1, 0.15) is 30.9 Å². The smallest absolute Gasteiger partial charge is 0.0728 e. The highest BCUT2D eigenvalue weighted by Crippen LogP contribution is 2.37. The standard InChI is InChI=1S/C19H17N/c1-2-3-7-13-9-6-11-16-18(13)19-15-10-5-4-8-14(15)12-17(19)20-16/h4-6,8-12H,2-3,7H2,1H3. The van der Waals surface area contributed by atoms with Gasteiger partial charge in [-0.1, -0.05) is 49.7 Å². The van der Waals surface area contributed by atoms with Crippen molar-refractivity contribution in [3.05, 3.63) is 64.0 Å². The maximum absolute atomic E-state index is 4.82. The summed E-state index contributed by atoms with van der Waals surface area (Å²) in [6.07, 6.45) is 5.84. The number of aryl methyl sites for hydroxylation is 1. The van der Waals surface area contributed by atoms with Crippen LogP contribution in [-0.2, 0) is 6.42 Å². The highest BCUT2D eigenvalue weighted by atomic mass is 14.8. The number of hydrogen-bond donors (Lipinski definition) is 0. The topological polar surface area (TPSA) is 12.4 Å². The summed E-state index contributed by atoms with van der Waals surface area (Å²) in [6, 6.07) is 15.2. The van der Waals surface area contributed by atoms with E-state index in [1.807, 2.05) is 0 Å². The van der Waals surface area contributed by atoms with E-state index in [1.54, 1.807) is 0 Å². The largest absolute Gasteiger partial charge is 0.248 e. The van der Waals surface area contributed by atoms with Crippen molar-refractivity contribution in [1.82, 2.24) is 0 Å². The van der Waals surface area contributed by atoms with Crippen molar-refractivity contribution in [3.63, 3.8) is 0 Å². The average Bonchev–Trinajstić information content (AvgIpc) is 3.00. The summed E-state index contributed by atoms with van der Waals surface area (Å²) in [5.41, 5.74) is 6.46. The molecule has 1 heteroatoms. The second kappa shape index (κ2) is 4.45. The Balaban J connectivity index is 1.99. The van der Waals surface area contributed by atoms with E-state index in [0.29, 0.717) is 0 Å². The Hall–Kier alpha value is -2.15. The maximum Gasteiger partial charge on any atom is 0.0728 e. The Bertz CT molecular complexity index is 840. The van der Waals surface area contributed by atoms with Gasteiger partial charge in [-0.2, -0.15) is 0 Å². The fraction of sp³-hybridized carbons (Fsp3) is 0.211. The molecule has 0 fully saturated rings. The molecule has 1 nitrogen and oxygen atoms in total. The lowest BCUT2D eigenvalue weighted by atomic mass is 9.94. The molecule has 0 bridgehead atoms.